The second-order valence-corrected chi connectivity index (χ2v) is 6.27. The minimum Gasteiger partial charge on any atom is -0.373 e. The molecule has 3 rings (SSSR count). The zero-order valence-electron chi connectivity index (χ0n) is 11.8. The molecule has 2 heterocycles. The summed E-state index contributed by atoms with van der Waals surface area (Å²) in [6, 6.07) is 5.92. The number of urea groups is 1. The molecule has 0 aromatic heterocycles. The molecule has 0 saturated carbocycles. The van der Waals surface area contributed by atoms with Crippen LogP contribution in [-0.2, 0) is 11.3 Å². The summed E-state index contributed by atoms with van der Waals surface area (Å²) in [6.07, 6.45) is 2.04. The molecule has 0 aliphatic carbocycles. The molecule has 0 spiro atoms. The molecule has 1 fully saturated rings. The molecular formula is C15H19ClN2O2. The van der Waals surface area contributed by atoms with E-state index in [4.69, 9.17) is 16.3 Å². The first kappa shape index (κ1) is 13.7. The number of alkyl halides is 1. The van der Waals surface area contributed by atoms with Crippen molar-refractivity contribution in [1.29, 1.82) is 0 Å². The van der Waals surface area contributed by atoms with Crippen molar-refractivity contribution in [3.05, 3.63) is 29.3 Å². The molecule has 1 N–H and O–H groups in total. The molecule has 2 amide bonds. The molecule has 108 valence electrons. The Balaban J connectivity index is 1.89. The summed E-state index contributed by atoms with van der Waals surface area (Å²) in [5.74, 6) is 0. The number of nitrogens with zero attached hydrogens (tertiary/aromatic N) is 1. The summed E-state index contributed by atoms with van der Waals surface area (Å²) in [5.41, 5.74) is 2.73. The van der Waals surface area contributed by atoms with E-state index in [1.807, 2.05) is 12.1 Å². The van der Waals surface area contributed by atoms with Crippen LogP contribution in [0.2, 0.25) is 0 Å². The predicted molar refractivity (Wildman–Crippen MR) is 79.1 cm³/mol. The topological polar surface area (TPSA) is 41.6 Å². The number of benzene rings is 1. The Labute approximate surface area is 124 Å². The average molecular weight is 295 g/mol. The Morgan fingerprint density at radius 3 is 3.00 bits per heavy atom. The van der Waals surface area contributed by atoms with Crippen molar-refractivity contribution in [2.24, 2.45) is 0 Å². The zero-order valence-corrected chi connectivity index (χ0v) is 12.5. The Bertz CT molecular complexity index is 541. The summed E-state index contributed by atoms with van der Waals surface area (Å²) in [4.78, 5) is 13.3. The molecule has 1 saturated heterocycles. The molecule has 2 aliphatic heterocycles. The second kappa shape index (κ2) is 4.93. The molecule has 5 heteroatoms. The van der Waals surface area contributed by atoms with Crippen LogP contribution in [0.1, 0.15) is 36.3 Å². The first-order chi connectivity index (χ1) is 9.49. The van der Waals surface area contributed by atoms with Gasteiger partial charge in [-0.25, -0.2) is 4.79 Å². The van der Waals surface area contributed by atoms with Crippen LogP contribution in [0, 0.1) is 0 Å². The van der Waals surface area contributed by atoms with Crippen molar-refractivity contribution in [1.82, 2.24) is 4.90 Å². The van der Waals surface area contributed by atoms with Gasteiger partial charge in [-0.3, -0.25) is 0 Å². The Hall–Kier alpha value is -1.26. The van der Waals surface area contributed by atoms with Crippen LogP contribution >= 0.6 is 11.6 Å². The lowest BCUT2D eigenvalue weighted by atomic mass is 9.91. The van der Waals surface area contributed by atoms with Crippen molar-refractivity contribution in [2.45, 2.75) is 37.3 Å². The van der Waals surface area contributed by atoms with Gasteiger partial charge in [0.05, 0.1) is 11.0 Å². The fourth-order valence-electron chi connectivity index (χ4n) is 2.92. The number of hydrogen-bond acceptors (Lipinski definition) is 2. The normalized spacial score (nSPS) is 27.1. The smallest absolute Gasteiger partial charge is 0.321 e. The number of fused-ring (bicyclic) bond motifs is 1. The SMILES string of the molecule is CN1Cc2cc(C(Cl)C3(C)CCCO3)ccc2NC1=O. The molecule has 1 aromatic rings. The van der Waals surface area contributed by atoms with Gasteiger partial charge in [0.2, 0.25) is 0 Å². The minimum atomic E-state index is -0.292. The lowest BCUT2D eigenvalue weighted by Crippen LogP contribution is -2.35. The predicted octanol–water partition coefficient (Wildman–Crippen LogP) is 3.51. The average Bonchev–Trinajstić information content (AvgIpc) is 2.87. The van der Waals surface area contributed by atoms with Crippen molar-refractivity contribution in [2.75, 3.05) is 19.0 Å². The highest BCUT2D eigenvalue weighted by Gasteiger charge is 2.38. The summed E-state index contributed by atoms with van der Waals surface area (Å²) < 4.78 is 5.83. The lowest BCUT2D eigenvalue weighted by Gasteiger charge is -2.31. The van der Waals surface area contributed by atoms with Crippen LogP contribution in [0.4, 0.5) is 10.5 Å². The summed E-state index contributed by atoms with van der Waals surface area (Å²) in [5, 5.41) is 2.70. The van der Waals surface area contributed by atoms with Crippen molar-refractivity contribution >= 4 is 23.3 Å². The molecular weight excluding hydrogens is 276 g/mol. The maximum atomic E-state index is 11.6. The molecule has 20 heavy (non-hydrogen) atoms. The zero-order chi connectivity index (χ0) is 14.3. The van der Waals surface area contributed by atoms with E-state index in [0.29, 0.717) is 6.54 Å². The second-order valence-electron chi connectivity index (χ2n) is 5.83. The number of hydrogen-bond donors (Lipinski definition) is 1. The van der Waals surface area contributed by atoms with Gasteiger partial charge < -0.3 is 15.0 Å². The number of amides is 2. The number of halogens is 1. The quantitative estimate of drug-likeness (QED) is 0.848. The summed E-state index contributed by atoms with van der Waals surface area (Å²) >= 11 is 6.64. The van der Waals surface area contributed by atoms with Crippen LogP contribution in [0.25, 0.3) is 0 Å². The van der Waals surface area contributed by atoms with Crippen LogP contribution < -0.4 is 5.32 Å². The van der Waals surface area contributed by atoms with E-state index < -0.39 is 0 Å². The van der Waals surface area contributed by atoms with E-state index in [9.17, 15) is 4.79 Å². The van der Waals surface area contributed by atoms with Crippen LogP contribution in [-0.4, -0.2) is 30.2 Å². The Morgan fingerprint density at radius 2 is 2.30 bits per heavy atom. The van der Waals surface area contributed by atoms with Crippen LogP contribution in [0.5, 0.6) is 0 Å². The third-order valence-electron chi connectivity index (χ3n) is 4.20. The molecule has 2 unspecified atom stereocenters. The molecule has 0 bridgehead atoms. The molecule has 0 radical (unpaired) electrons. The van der Waals surface area contributed by atoms with Crippen molar-refractivity contribution < 1.29 is 9.53 Å². The van der Waals surface area contributed by atoms with Gasteiger partial charge in [-0.05, 0) is 37.0 Å². The van der Waals surface area contributed by atoms with E-state index in [0.717, 1.165) is 36.3 Å². The van der Waals surface area contributed by atoms with Gasteiger partial charge in [0.15, 0.2) is 0 Å². The van der Waals surface area contributed by atoms with Gasteiger partial charge in [-0.2, -0.15) is 0 Å². The monoisotopic (exact) mass is 294 g/mol. The maximum absolute atomic E-state index is 11.6. The van der Waals surface area contributed by atoms with Gasteiger partial charge in [0.1, 0.15) is 0 Å². The summed E-state index contributed by atoms with van der Waals surface area (Å²) in [7, 11) is 1.78. The van der Waals surface area contributed by atoms with E-state index >= 15 is 0 Å². The van der Waals surface area contributed by atoms with Gasteiger partial charge in [-0.15, -0.1) is 11.6 Å². The van der Waals surface area contributed by atoms with Crippen molar-refractivity contribution in [3.63, 3.8) is 0 Å². The lowest BCUT2D eigenvalue weighted by molar-refractivity contribution is 0.0164. The number of ether oxygens (including phenoxy) is 1. The van der Waals surface area contributed by atoms with E-state index in [1.54, 1.807) is 11.9 Å². The van der Waals surface area contributed by atoms with Gasteiger partial charge in [0.25, 0.3) is 0 Å². The first-order valence-corrected chi connectivity index (χ1v) is 7.36. The van der Waals surface area contributed by atoms with Crippen molar-refractivity contribution in [3.8, 4) is 0 Å². The third kappa shape index (κ3) is 2.27. The number of anilines is 1. The van der Waals surface area contributed by atoms with E-state index in [-0.39, 0.29) is 17.0 Å². The molecule has 4 nitrogen and oxygen atoms in total. The number of carbonyl (C=O) groups is 1. The third-order valence-corrected chi connectivity index (χ3v) is 4.92. The van der Waals surface area contributed by atoms with Crippen LogP contribution in [0.15, 0.2) is 18.2 Å². The standard InChI is InChI=1S/C15H19ClN2O2/c1-15(6-3-7-20-15)13(16)10-4-5-12-11(8-10)9-18(2)14(19)17-12/h4-5,8,13H,3,6-7,9H2,1-2H3,(H,17,19). The highest BCUT2D eigenvalue weighted by molar-refractivity contribution is 6.21. The van der Waals surface area contributed by atoms with E-state index in [1.165, 1.54) is 0 Å². The fourth-order valence-corrected chi connectivity index (χ4v) is 3.22. The highest BCUT2D eigenvalue weighted by atomic mass is 35.5. The highest BCUT2D eigenvalue weighted by Crippen LogP contribution is 2.42. The fraction of sp³-hybridized carbons (Fsp3) is 0.533. The maximum Gasteiger partial charge on any atom is 0.321 e. The molecule has 2 aliphatic rings. The van der Waals surface area contributed by atoms with Gasteiger partial charge >= 0.3 is 6.03 Å². The molecule has 2 atom stereocenters. The Morgan fingerprint density at radius 1 is 1.50 bits per heavy atom. The minimum absolute atomic E-state index is 0.0706. The first-order valence-electron chi connectivity index (χ1n) is 6.92. The Kier molecular flexibility index (Phi) is 3.38. The largest absolute Gasteiger partial charge is 0.373 e. The van der Waals surface area contributed by atoms with Gasteiger partial charge in [0, 0.05) is 25.9 Å². The molecule has 1 aromatic carbocycles. The van der Waals surface area contributed by atoms with Crippen LogP contribution in [0.3, 0.4) is 0 Å². The number of rotatable bonds is 2. The van der Waals surface area contributed by atoms with E-state index in [2.05, 4.69) is 18.3 Å². The summed E-state index contributed by atoms with van der Waals surface area (Å²) in [6.45, 7) is 3.46. The number of nitrogens with one attached hydrogen (secondary N) is 1. The number of carbonyl (C=O) groups excluding carboxylic acids is 1. The van der Waals surface area contributed by atoms with Gasteiger partial charge in [-0.1, -0.05) is 12.1 Å².